The standard InChI is InChI=1S/C26H25N3O3/c1-16-5-8-18(9-6-16)10-12-25(30)27-20-13-19(11-7-17(20)2)26-28-21-14-23(31-3)24(32-4)15-22(21)29-26/h5-15H,1-4H3,(H,27,30)(H,28,29)/b12-10+. The molecule has 162 valence electrons. The first-order chi connectivity index (χ1) is 15.5. The van der Waals surface area contributed by atoms with E-state index in [2.05, 4.69) is 15.3 Å². The molecule has 0 fully saturated rings. The SMILES string of the molecule is COc1cc2nc(-c3ccc(C)c(NC(=O)/C=C/c4ccc(C)cc4)c3)[nH]c2cc1OC. The Labute approximate surface area is 186 Å². The predicted molar refractivity (Wildman–Crippen MR) is 128 cm³/mol. The van der Waals surface area contributed by atoms with Gasteiger partial charge in [-0.1, -0.05) is 42.0 Å². The highest BCUT2D eigenvalue weighted by atomic mass is 16.5. The lowest BCUT2D eigenvalue weighted by Crippen LogP contribution is -2.09. The van der Waals surface area contributed by atoms with E-state index >= 15 is 0 Å². The number of aromatic amines is 1. The minimum absolute atomic E-state index is 0.190. The van der Waals surface area contributed by atoms with E-state index in [4.69, 9.17) is 9.47 Å². The number of amides is 1. The number of aryl methyl sites for hydroxylation is 2. The number of hydrogen-bond acceptors (Lipinski definition) is 4. The Kier molecular flexibility index (Phi) is 5.94. The number of fused-ring (bicyclic) bond motifs is 1. The number of aromatic nitrogens is 2. The summed E-state index contributed by atoms with van der Waals surface area (Å²) >= 11 is 0. The largest absolute Gasteiger partial charge is 0.493 e. The topological polar surface area (TPSA) is 76.2 Å². The second-order valence-corrected chi connectivity index (χ2v) is 7.57. The molecule has 4 rings (SSSR count). The van der Waals surface area contributed by atoms with Crippen LogP contribution in [0.15, 0.2) is 60.7 Å². The number of nitrogens with zero attached hydrogens (tertiary/aromatic N) is 1. The van der Waals surface area contributed by atoms with Crippen LogP contribution in [0.1, 0.15) is 16.7 Å². The van der Waals surface area contributed by atoms with Crippen LogP contribution in [0.3, 0.4) is 0 Å². The lowest BCUT2D eigenvalue weighted by Gasteiger charge is -2.08. The molecule has 0 saturated heterocycles. The summed E-state index contributed by atoms with van der Waals surface area (Å²) in [5.41, 5.74) is 6.32. The molecule has 0 aliphatic carbocycles. The molecule has 6 nitrogen and oxygen atoms in total. The van der Waals surface area contributed by atoms with Crippen molar-refractivity contribution in [2.45, 2.75) is 13.8 Å². The van der Waals surface area contributed by atoms with E-state index in [1.165, 1.54) is 11.6 Å². The molecule has 3 aromatic carbocycles. The summed E-state index contributed by atoms with van der Waals surface area (Å²) < 4.78 is 10.7. The van der Waals surface area contributed by atoms with E-state index in [1.54, 1.807) is 20.3 Å². The summed E-state index contributed by atoms with van der Waals surface area (Å²) in [6.45, 7) is 3.99. The van der Waals surface area contributed by atoms with Crippen LogP contribution < -0.4 is 14.8 Å². The second kappa shape index (κ2) is 8.98. The van der Waals surface area contributed by atoms with Gasteiger partial charge in [-0.25, -0.2) is 4.98 Å². The summed E-state index contributed by atoms with van der Waals surface area (Å²) in [6, 6.07) is 17.5. The normalized spacial score (nSPS) is 11.1. The van der Waals surface area contributed by atoms with E-state index in [1.807, 2.05) is 68.4 Å². The van der Waals surface area contributed by atoms with Crippen molar-refractivity contribution >= 4 is 28.7 Å². The maximum atomic E-state index is 12.5. The Hall–Kier alpha value is -4.06. The van der Waals surface area contributed by atoms with Crippen LogP contribution in [0, 0.1) is 13.8 Å². The van der Waals surface area contributed by atoms with E-state index in [-0.39, 0.29) is 5.91 Å². The molecule has 1 heterocycles. The van der Waals surface area contributed by atoms with E-state index in [0.717, 1.165) is 33.4 Å². The summed E-state index contributed by atoms with van der Waals surface area (Å²) in [4.78, 5) is 20.5. The highest BCUT2D eigenvalue weighted by Gasteiger charge is 2.12. The number of hydrogen-bond donors (Lipinski definition) is 2. The van der Waals surface area contributed by atoms with Gasteiger partial charge < -0.3 is 19.8 Å². The zero-order valence-electron chi connectivity index (χ0n) is 18.5. The predicted octanol–water partition coefficient (Wildman–Crippen LogP) is 5.52. The maximum absolute atomic E-state index is 12.5. The molecule has 0 atom stereocenters. The van der Waals surface area contributed by atoms with Crippen LogP contribution in [0.4, 0.5) is 5.69 Å². The van der Waals surface area contributed by atoms with Crippen molar-refractivity contribution in [2.24, 2.45) is 0 Å². The van der Waals surface area contributed by atoms with Gasteiger partial charge in [-0.2, -0.15) is 0 Å². The van der Waals surface area contributed by atoms with Gasteiger partial charge in [0, 0.05) is 29.5 Å². The van der Waals surface area contributed by atoms with Crippen molar-refractivity contribution in [3.05, 3.63) is 77.4 Å². The zero-order chi connectivity index (χ0) is 22.7. The van der Waals surface area contributed by atoms with Gasteiger partial charge in [0.2, 0.25) is 5.91 Å². The lowest BCUT2D eigenvalue weighted by molar-refractivity contribution is -0.111. The van der Waals surface area contributed by atoms with Gasteiger partial charge in [0.15, 0.2) is 11.5 Å². The van der Waals surface area contributed by atoms with Gasteiger partial charge >= 0.3 is 0 Å². The van der Waals surface area contributed by atoms with Crippen LogP contribution in [-0.4, -0.2) is 30.1 Å². The van der Waals surface area contributed by atoms with Crippen LogP contribution in [0.2, 0.25) is 0 Å². The maximum Gasteiger partial charge on any atom is 0.248 e. The third-order valence-corrected chi connectivity index (χ3v) is 5.26. The van der Waals surface area contributed by atoms with Crippen molar-refractivity contribution in [1.82, 2.24) is 9.97 Å². The average Bonchev–Trinajstić information content (AvgIpc) is 3.22. The Bertz CT molecular complexity index is 1260. The molecule has 32 heavy (non-hydrogen) atoms. The molecule has 1 amide bonds. The van der Waals surface area contributed by atoms with Crippen molar-refractivity contribution in [1.29, 1.82) is 0 Å². The molecule has 2 N–H and O–H groups in total. The number of benzene rings is 3. The lowest BCUT2D eigenvalue weighted by atomic mass is 10.1. The summed E-state index contributed by atoms with van der Waals surface area (Å²) in [5.74, 6) is 1.76. The Morgan fingerprint density at radius 2 is 1.69 bits per heavy atom. The summed E-state index contributed by atoms with van der Waals surface area (Å²) in [5, 5.41) is 2.96. The van der Waals surface area contributed by atoms with Crippen LogP contribution >= 0.6 is 0 Å². The van der Waals surface area contributed by atoms with Crippen molar-refractivity contribution < 1.29 is 14.3 Å². The number of methoxy groups -OCH3 is 2. The number of nitrogens with one attached hydrogen (secondary N) is 2. The fraction of sp³-hybridized carbons (Fsp3) is 0.154. The first-order valence-electron chi connectivity index (χ1n) is 10.3. The third-order valence-electron chi connectivity index (χ3n) is 5.26. The molecule has 0 saturated carbocycles. The van der Waals surface area contributed by atoms with Gasteiger partial charge in [0.25, 0.3) is 0 Å². The molecule has 0 aliphatic heterocycles. The minimum atomic E-state index is -0.190. The Balaban J connectivity index is 1.58. The average molecular weight is 428 g/mol. The molecular weight excluding hydrogens is 402 g/mol. The molecule has 0 spiro atoms. The molecule has 1 aromatic heterocycles. The summed E-state index contributed by atoms with van der Waals surface area (Å²) in [6.07, 6.45) is 3.34. The van der Waals surface area contributed by atoms with Gasteiger partial charge in [0.05, 0.1) is 25.3 Å². The van der Waals surface area contributed by atoms with Crippen LogP contribution in [-0.2, 0) is 4.79 Å². The zero-order valence-corrected chi connectivity index (χ0v) is 18.5. The van der Waals surface area contributed by atoms with Gasteiger partial charge in [-0.05, 0) is 37.1 Å². The second-order valence-electron chi connectivity index (χ2n) is 7.57. The van der Waals surface area contributed by atoms with Crippen molar-refractivity contribution in [3.63, 3.8) is 0 Å². The molecule has 0 bridgehead atoms. The first kappa shape index (κ1) is 21.2. The molecule has 0 aliphatic rings. The molecule has 6 heteroatoms. The number of carbonyl (C=O) groups excluding carboxylic acids is 1. The van der Waals surface area contributed by atoms with Crippen molar-refractivity contribution in [3.8, 4) is 22.9 Å². The highest BCUT2D eigenvalue weighted by molar-refractivity contribution is 6.02. The molecule has 0 radical (unpaired) electrons. The van der Waals surface area contributed by atoms with E-state index in [9.17, 15) is 4.79 Å². The number of ether oxygens (including phenoxy) is 2. The van der Waals surface area contributed by atoms with E-state index < -0.39 is 0 Å². The fourth-order valence-electron chi connectivity index (χ4n) is 3.40. The quantitative estimate of drug-likeness (QED) is 0.398. The minimum Gasteiger partial charge on any atom is -0.493 e. The Morgan fingerprint density at radius 1 is 0.969 bits per heavy atom. The first-order valence-corrected chi connectivity index (χ1v) is 10.3. The van der Waals surface area contributed by atoms with Gasteiger partial charge in [0.1, 0.15) is 5.82 Å². The van der Waals surface area contributed by atoms with Gasteiger partial charge in [-0.3, -0.25) is 4.79 Å². The number of carbonyl (C=O) groups is 1. The monoisotopic (exact) mass is 427 g/mol. The highest BCUT2D eigenvalue weighted by Crippen LogP contribution is 2.33. The third kappa shape index (κ3) is 4.49. The van der Waals surface area contributed by atoms with E-state index in [0.29, 0.717) is 17.3 Å². The fourth-order valence-corrected chi connectivity index (χ4v) is 3.40. The molecular formula is C26H25N3O3. The number of imidazole rings is 1. The van der Waals surface area contributed by atoms with Crippen LogP contribution in [0.5, 0.6) is 11.5 Å². The number of H-pyrrole nitrogens is 1. The van der Waals surface area contributed by atoms with Crippen LogP contribution in [0.25, 0.3) is 28.5 Å². The van der Waals surface area contributed by atoms with Gasteiger partial charge in [-0.15, -0.1) is 0 Å². The molecule has 0 unspecified atom stereocenters. The molecule has 4 aromatic rings. The summed E-state index contributed by atoms with van der Waals surface area (Å²) in [7, 11) is 3.20. The number of anilines is 1. The van der Waals surface area contributed by atoms with Crippen molar-refractivity contribution in [2.75, 3.05) is 19.5 Å². The Morgan fingerprint density at radius 3 is 2.41 bits per heavy atom. The smallest absolute Gasteiger partial charge is 0.248 e. The number of rotatable bonds is 6.